The number of rotatable bonds is 6. The van der Waals surface area contributed by atoms with Crippen molar-refractivity contribution in [2.45, 2.75) is 13.5 Å². The number of aromatic nitrogens is 2. The molecule has 0 radical (unpaired) electrons. The third kappa shape index (κ3) is 4.44. The fraction of sp³-hybridized carbons (Fsp3) is 0.348. The molecular formula is C23H29N5O. The minimum Gasteiger partial charge on any atom is -0.489 e. The van der Waals surface area contributed by atoms with Crippen molar-refractivity contribution < 1.29 is 4.74 Å². The summed E-state index contributed by atoms with van der Waals surface area (Å²) in [5.41, 5.74) is 12.0. The zero-order valence-corrected chi connectivity index (χ0v) is 17.3. The van der Waals surface area contributed by atoms with Crippen LogP contribution in [0.1, 0.15) is 12.6 Å². The summed E-state index contributed by atoms with van der Waals surface area (Å²) in [5.74, 6) is 0.838. The fourth-order valence-corrected chi connectivity index (χ4v) is 3.63. The lowest BCUT2D eigenvalue weighted by Crippen LogP contribution is -2.44. The van der Waals surface area contributed by atoms with Gasteiger partial charge in [-0.05, 0) is 55.9 Å². The summed E-state index contributed by atoms with van der Waals surface area (Å²) < 4.78 is 7.87. The van der Waals surface area contributed by atoms with Crippen LogP contribution in [0.4, 0.5) is 5.69 Å². The predicted octanol–water partition coefficient (Wildman–Crippen LogP) is 3.29. The SMILES string of the molecule is C=C(C)COc1ccc(-c2nc3ccc(N)cn3c2CN2CCN(C)CC2)cc1. The number of piperazine rings is 1. The van der Waals surface area contributed by atoms with E-state index in [0.29, 0.717) is 6.61 Å². The molecule has 6 heteroatoms. The van der Waals surface area contributed by atoms with E-state index in [4.69, 9.17) is 15.5 Å². The van der Waals surface area contributed by atoms with Crippen molar-refractivity contribution in [3.63, 3.8) is 0 Å². The highest BCUT2D eigenvalue weighted by Crippen LogP contribution is 2.28. The summed E-state index contributed by atoms with van der Waals surface area (Å²) in [4.78, 5) is 9.78. The normalized spacial score (nSPS) is 15.7. The van der Waals surface area contributed by atoms with Gasteiger partial charge in [-0.15, -0.1) is 0 Å². The van der Waals surface area contributed by atoms with Crippen LogP contribution in [0, 0.1) is 0 Å². The second-order valence-electron chi connectivity index (χ2n) is 7.95. The number of fused-ring (bicyclic) bond motifs is 1. The molecule has 2 aromatic heterocycles. The zero-order valence-electron chi connectivity index (χ0n) is 17.3. The van der Waals surface area contributed by atoms with Gasteiger partial charge in [-0.2, -0.15) is 0 Å². The molecule has 0 saturated carbocycles. The van der Waals surface area contributed by atoms with Gasteiger partial charge in [0.1, 0.15) is 18.0 Å². The van der Waals surface area contributed by atoms with Gasteiger partial charge < -0.3 is 19.8 Å². The molecule has 3 aromatic rings. The van der Waals surface area contributed by atoms with Crippen LogP contribution in [0.5, 0.6) is 5.75 Å². The molecule has 1 aliphatic heterocycles. The highest BCUT2D eigenvalue weighted by molar-refractivity contribution is 5.68. The maximum Gasteiger partial charge on any atom is 0.137 e. The molecule has 3 heterocycles. The highest BCUT2D eigenvalue weighted by atomic mass is 16.5. The summed E-state index contributed by atoms with van der Waals surface area (Å²) in [7, 11) is 2.18. The molecule has 2 N–H and O–H groups in total. The molecule has 29 heavy (non-hydrogen) atoms. The third-order valence-corrected chi connectivity index (χ3v) is 5.32. The summed E-state index contributed by atoms with van der Waals surface area (Å²) in [6.07, 6.45) is 1.97. The number of nitrogen functional groups attached to an aromatic ring is 1. The lowest BCUT2D eigenvalue weighted by atomic mass is 10.1. The maximum absolute atomic E-state index is 6.08. The summed E-state index contributed by atoms with van der Waals surface area (Å²) >= 11 is 0. The van der Waals surface area contributed by atoms with E-state index in [-0.39, 0.29) is 0 Å². The van der Waals surface area contributed by atoms with E-state index in [1.807, 2.05) is 37.4 Å². The van der Waals surface area contributed by atoms with E-state index in [1.165, 1.54) is 5.69 Å². The van der Waals surface area contributed by atoms with E-state index in [0.717, 1.165) is 66.6 Å². The third-order valence-electron chi connectivity index (χ3n) is 5.32. The molecule has 0 unspecified atom stereocenters. The fourth-order valence-electron chi connectivity index (χ4n) is 3.63. The number of nitrogens with two attached hydrogens (primary N) is 1. The standard InChI is InChI=1S/C23H29N5O/c1-17(2)16-29-20-7-4-18(5-8-20)23-21(15-27-12-10-26(3)11-13-27)28-14-19(24)6-9-22(28)25-23/h4-9,14H,1,10-13,15-16,24H2,2-3H3. The Morgan fingerprint density at radius 3 is 2.52 bits per heavy atom. The Morgan fingerprint density at radius 2 is 1.83 bits per heavy atom. The number of anilines is 1. The molecular weight excluding hydrogens is 362 g/mol. The smallest absolute Gasteiger partial charge is 0.137 e. The Kier molecular flexibility index (Phi) is 5.56. The van der Waals surface area contributed by atoms with E-state index < -0.39 is 0 Å². The monoisotopic (exact) mass is 391 g/mol. The van der Waals surface area contributed by atoms with Gasteiger partial charge in [0.25, 0.3) is 0 Å². The molecule has 0 atom stereocenters. The van der Waals surface area contributed by atoms with Crippen LogP contribution >= 0.6 is 0 Å². The molecule has 1 saturated heterocycles. The lowest BCUT2D eigenvalue weighted by molar-refractivity contribution is 0.147. The van der Waals surface area contributed by atoms with Crippen molar-refractivity contribution in [2.24, 2.45) is 0 Å². The van der Waals surface area contributed by atoms with Gasteiger partial charge in [0, 0.05) is 50.2 Å². The minimum absolute atomic E-state index is 0.529. The summed E-state index contributed by atoms with van der Waals surface area (Å²) in [5, 5.41) is 0. The first-order valence-electron chi connectivity index (χ1n) is 10.0. The number of likely N-dealkylation sites (N-methyl/N-ethyl adjacent to an activating group) is 1. The van der Waals surface area contributed by atoms with Crippen LogP contribution in [-0.2, 0) is 6.54 Å². The van der Waals surface area contributed by atoms with Crippen molar-refractivity contribution >= 4 is 11.3 Å². The van der Waals surface area contributed by atoms with Crippen molar-refractivity contribution in [3.8, 4) is 17.0 Å². The molecule has 1 fully saturated rings. The van der Waals surface area contributed by atoms with Gasteiger partial charge in [0.05, 0.1) is 11.4 Å². The molecule has 1 aliphatic rings. The molecule has 152 valence electrons. The molecule has 0 spiro atoms. The number of hydrogen-bond donors (Lipinski definition) is 1. The summed E-state index contributed by atoms with van der Waals surface area (Å²) in [6, 6.07) is 12.0. The van der Waals surface area contributed by atoms with Gasteiger partial charge in [-0.3, -0.25) is 4.90 Å². The lowest BCUT2D eigenvalue weighted by Gasteiger charge is -2.32. The first-order valence-corrected chi connectivity index (χ1v) is 10.0. The molecule has 1 aromatic carbocycles. The number of pyridine rings is 1. The molecule has 0 amide bonds. The molecule has 6 nitrogen and oxygen atoms in total. The van der Waals surface area contributed by atoms with Crippen LogP contribution in [0.3, 0.4) is 0 Å². The average Bonchev–Trinajstić information content (AvgIpc) is 3.06. The van der Waals surface area contributed by atoms with Gasteiger partial charge in [0.15, 0.2) is 0 Å². The zero-order chi connectivity index (χ0) is 20.4. The van der Waals surface area contributed by atoms with Crippen LogP contribution in [-0.4, -0.2) is 59.0 Å². The number of benzene rings is 1. The van der Waals surface area contributed by atoms with Crippen molar-refractivity contribution in [1.82, 2.24) is 19.2 Å². The van der Waals surface area contributed by atoms with E-state index in [9.17, 15) is 0 Å². The van der Waals surface area contributed by atoms with E-state index in [2.05, 4.69) is 40.0 Å². The highest BCUT2D eigenvalue weighted by Gasteiger charge is 2.20. The first kappa shape index (κ1) is 19.5. The number of imidazole rings is 1. The Bertz CT molecular complexity index is 1000. The van der Waals surface area contributed by atoms with E-state index >= 15 is 0 Å². The Hall–Kier alpha value is -2.83. The summed E-state index contributed by atoms with van der Waals surface area (Å²) in [6.45, 7) is 11.5. The van der Waals surface area contributed by atoms with Crippen LogP contribution in [0.25, 0.3) is 16.9 Å². The minimum atomic E-state index is 0.529. The number of ether oxygens (including phenoxy) is 1. The molecule has 0 aliphatic carbocycles. The number of nitrogens with zero attached hydrogens (tertiary/aromatic N) is 4. The van der Waals surface area contributed by atoms with Gasteiger partial charge >= 0.3 is 0 Å². The van der Waals surface area contributed by atoms with Crippen LogP contribution in [0.2, 0.25) is 0 Å². The Balaban J connectivity index is 1.67. The van der Waals surface area contributed by atoms with Crippen LogP contribution in [0.15, 0.2) is 54.7 Å². The van der Waals surface area contributed by atoms with Gasteiger partial charge in [0.2, 0.25) is 0 Å². The van der Waals surface area contributed by atoms with Crippen molar-refractivity contribution in [2.75, 3.05) is 45.6 Å². The first-order chi connectivity index (χ1) is 14.0. The van der Waals surface area contributed by atoms with E-state index in [1.54, 1.807) is 0 Å². The topological polar surface area (TPSA) is 59.0 Å². The average molecular weight is 392 g/mol. The Morgan fingerprint density at radius 1 is 1.10 bits per heavy atom. The quantitative estimate of drug-likeness (QED) is 0.654. The molecule has 4 rings (SSSR count). The Labute approximate surface area is 172 Å². The van der Waals surface area contributed by atoms with Crippen molar-refractivity contribution in [3.05, 3.63) is 60.4 Å². The maximum atomic E-state index is 6.08. The van der Waals surface area contributed by atoms with Gasteiger partial charge in [-0.25, -0.2) is 4.98 Å². The predicted molar refractivity (Wildman–Crippen MR) is 118 cm³/mol. The van der Waals surface area contributed by atoms with Crippen LogP contribution < -0.4 is 10.5 Å². The second kappa shape index (κ2) is 8.27. The second-order valence-corrected chi connectivity index (χ2v) is 7.95. The van der Waals surface area contributed by atoms with Crippen molar-refractivity contribution in [1.29, 1.82) is 0 Å². The number of hydrogen-bond acceptors (Lipinski definition) is 5. The largest absolute Gasteiger partial charge is 0.489 e. The van der Waals surface area contributed by atoms with Gasteiger partial charge in [-0.1, -0.05) is 6.58 Å². The molecule has 0 bridgehead atoms.